The number of rotatable bonds is 4. The van der Waals surface area contributed by atoms with Crippen molar-refractivity contribution in [2.24, 2.45) is 0 Å². The van der Waals surface area contributed by atoms with Crippen LogP contribution in [-0.2, 0) is 4.74 Å². The Morgan fingerprint density at radius 3 is 2.59 bits per heavy atom. The fraction of sp³-hybridized carbons (Fsp3) is 0.800. The van der Waals surface area contributed by atoms with E-state index in [-0.39, 0.29) is 5.97 Å². The minimum atomic E-state index is -0.366. The highest BCUT2D eigenvalue weighted by Gasteiger charge is 2.27. The maximum absolute atomic E-state index is 11.7. The number of carbonyl (C=O) groups is 1. The maximum atomic E-state index is 11.7. The van der Waals surface area contributed by atoms with Gasteiger partial charge in [0, 0.05) is 19.1 Å². The first-order valence-electron chi connectivity index (χ1n) is 8.27. The Hall–Kier alpha value is -1.21. The first kappa shape index (κ1) is 15.7. The van der Waals surface area contributed by atoms with Crippen molar-refractivity contribution in [3.63, 3.8) is 0 Å². The molecule has 3 heterocycles. The molecule has 0 amide bonds. The van der Waals surface area contributed by atoms with E-state index >= 15 is 0 Å². The lowest BCUT2D eigenvalue weighted by molar-refractivity contribution is 0.0525. The topological polar surface area (TPSA) is 58.6 Å². The van der Waals surface area contributed by atoms with E-state index in [4.69, 9.17) is 4.74 Å². The molecule has 1 aromatic heterocycles. The molecule has 22 heavy (non-hydrogen) atoms. The number of esters is 1. The van der Waals surface area contributed by atoms with Gasteiger partial charge in [0.1, 0.15) is 0 Å². The van der Waals surface area contributed by atoms with Crippen molar-refractivity contribution < 1.29 is 9.53 Å². The third kappa shape index (κ3) is 3.57. The average Bonchev–Trinajstić information content (AvgIpc) is 3.06. The number of aromatic nitrogens is 2. The van der Waals surface area contributed by atoms with Gasteiger partial charge in [-0.25, -0.2) is 4.79 Å². The SMILES string of the molecule is CCOC(=O)c1nnc(N2CCC(N3CCCCC3)CC2)s1. The second kappa shape index (κ2) is 7.37. The normalized spacial score (nSPS) is 21.0. The highest BCUT2D eigenvalue weighted by molar-refractivity contribution is 7.17. The standard InChI is InChI=1S/C15H24N4O2S/c1-2-21-14(20)13-16-17-15(22-13)19-10-6-12(7-11-19)18-8-4-3-5-9-18/h12H,2-11H2,1H3. The molecule has 2 aliphatic heterocycles. The van der Waals surface area contributed by atoms with E-state index in [1.54, 1.807) is 6.92 Å². The Morgan fingerprint density at radius 2 is 1.91 bits per heavy atom. The molecule has 0 bridgehead atoms. The van der Waals surface area contributed by atoms with Gasteiger partial charge in [-0.15, -0.1) is 10.2 Å². The summed E-state index contributed by atoms with van der Waals surface area (Å²) >= 11 is 1.34. The van der Waals surface area contributed by atoms with Gasteiger partial charge in [0.15, 0.2) is 0 Å². The highest BCUT2D eigenvalue weighted by atomic mass is 32.1. The second-order valence-electron chi connectivity index (χ2n) is 5.93. The van der Waals surface area contributed by atoms with Gasteiger partial charge in [-0.1, -0.05) is 17.8 Å². The molecular formula is C15H24N4O2S. The highest BCUT2D eigenvalue weighted by Crippen LogP contribution is 2.27. The molecule has 6 nitrogen and oxygen atoms in total. The van der Waals surface area contributed by atoms with Crippen molar-refractivity contribution >= 4 is 22.4 Å². The van der Waals surface area contributed by atoms with Crippen LogP contribution in [0.2, 0.25) is 0 Å². The zero-order valence-electron chi connectivity index (χ0n) is 13.2. The smallest absolute Gasteiger partial charge is 0.369 e. The molecule has 3 rings (SSSR count). The number of ether oxygens (including phenoxy) is 1. The Labute approximate surface area is 135 Å². The summed E-state index contributed by atoms with van der Waals surface area (Å²) in [6.07, 6.45) is 6.43. The molecule has 2 saturated heterocycles. The van der Waals surface area contributed by atoms with Gasteiger partial charge in [-0.2, -0.15) is 0 Å². The molecule has 122 valence electrons. The Balaban J connectivity index is 1.53. The molecule has 2 fully saturated rings. The maximum Gasteiger partial charge on any atom is 0.369 e. The molecule has 2 aliphatic rings. The van der Waals surface area contributed by atoms with Gasteiger partial charge in [0.2, 0.25) is 10.1 Å². The number of piperidine rings is 2. The van der Waals surface area contributed by atoms with E-state index in [0.717, 1.165) is 18.2 Å². The lowest BCUT2D eigenvalue weighted by atomic mass is 10.0. The molecule has 0 atom stereocenters. The van der Waals surface area contributed by atoms with Crippen molar-refractivity contribution in [2.45, 2.75) is 45.1 Å². The number of likely N-dealkylation sites (tertiary alicyclic amines) is 1. The molecule has 0 N–H and O–H groups in total. The molecule has 7 heteroatoms. The second-order valence-corrected chi connectivity index (χ2v) is 6.88. The van der Waals surface area contributed by atoms with Gasteiger partial charge in [0.25, 0.3) is 0 Å². The zero-order chi connectivity index (χ0) is 15.4. The Kier molecular flexibility index (Phi) is 5.25. The van der Waals surface area contributed by atoms with Crippen LogP contribution in [0.1, 0.15) is 48.8 Å². The number of anilines is 1. The van der Waals surface area contributed by atoms with Gasteiger partial charge in [0.05, 0.1) is 6.61 Å². The van der Waals surface area contributed by atoms with E-state index in [1.807, 2.05) is 0 Å². The van der Waals surface area contributed by atoms with Gasteiger partial charge in [-0.05, 0) is 45.7 Å². The van der Waals surface area contributed by atoms with Crippen LogP contribution in [0.4, 0.5) is 5.13 Å². The summed E-state index contributed by atoms with van der Waals surface area (Å²) in [5.74, 6) is -0.366. The predicted octanol–water partition coefficient (Wildman–Crippen LogP) is 2.17. The third-order valence-corrected chi connectivity index (χ3v) is 5.47. The lowest BCUT2D eigenvalue weighted by Gasteiger charge is -2.40. The van der Waals surface area contributed by atoms with Crippen LogP contribution in [0.25, 0.3) is 0 Å². The summed E-state index contributed by atoms with van der Waals surface area (Å²) in [4.78, 5) is 16.6. The number of hydrogen-bond acceptors (Lipinski definition) is 7. The Morgan fingerprint density at radius 1 is 1.18 bits per heavy atom. The molecule has 0 aliphatic carbocycles. The fourth-order valence-corrected chi connectivity index (χ4v) is 4.11. The lowest BCUT2D eigenvalue weighted by Crippen LogP contribution is -2.46. The Bertz CT molecular complexity index is 493. The van der Waals surface area contributed by atoms with Gasteiger partial charge < -0.3 is 14.5 Å². The minimum absolute atomic E-state index is 0.356. The van der Waals surface area contributed by atoms with Gasteiger partial charge in [-0.3, -0.25) is 0 Å². The molecule has 1 aromatic rings. The monoisotopic (exact) mass is 324 g/mol. The molecule has 0 spiro atoms. The van der Waals surface area contributed by atoms with Gasteiger partial charge >= 0.3 is 5.97 Å². The average molecular weight is 324 g/mol. The number of nitrogens with zero attached hydrogens (tertiary/aromatic N) is 4. The van der Waals surface area contributed by atoms with Crippen molar-refractivity contribution in [3.8, 4) is 0 Å². The number of carbonyl (C=O) groups excluding carboxylic acids is 1. The summed E-state index contributed by atoms with van der Waals surface area (Å²) in [5.41, 5.74) is 0. The summed E-state index contributed by atoms with van der Waals surface area (Å²) in [6.45, 7) is 6.68. The van der Waals surface area contributed by atoms with E-state index in [0.29, 0.717) is 17.7 Å². The summed E-state index contributed by atoms with van der Waals surface area (Å²) in [6, 6.07) is 0.717. The van der Waals surface area contributed by atoms with Crippen molar-refractivity contribution in [1.29, 1.82) is 0 Å². The predicted molar refractivity (Wildman–Crippen MR) is 86.5 cm³/mol. The first-order chi connectivity index (χ1) is 10.8. The van der Waals surface area contributed by atoms with Crippen LogP contribution in [0.15, 0.2) is 0 Å². The van der Waals surface area contributed by atoms with Crippen LogP contribution in [-0.4, -0.2) is 59.9 Å². The third-order valence-electron chi connectivity index (χ3n) is 4.51. The van der Waals surface area contributed by atoms with E-state index in [9.17, 15) is 4.79 Å². The minimum Gasteiger partial charge on any atom is -0.461 e. The summed E-state index contributed by atoms with van der Waals surface area (Å²) in [5, 5.41) is 9.33. The van der Waals surface area contributed by atoms with Crippen molar-refractivity contribution in [1.82, 2.24) is 15.1 Å². The van der Waals surface area contributed by atoms with Crippen LogP contribution in [0.3, 0.4) is 0 Å². The van der Waals surface area contributed by atoms with Crippen LogP contribution in [0, 0.1) is 0 Å². The van der Waals surface area contributed by atoms with E-state index < -0.39 is 0 Å². The molecule has 0 radical (unpaired) electrons. The molecular weight excluding hydrogens is 300 g/mol. The summed E-state index contributed by atoms with van der Waals surface area (Å²) < 4.78 is 4.97. The van der Waals surface area contributed by atoms with Crippen LogP contribution < -0.4 is 4.90 Å². The van der Waals surface area contributed by atoms with E-state index in [1.165, 1.54) is 56.5 Å². The van der Waals surface area contributed by atoms with Crippen molar-refractivity contribution in [2.75, 3.05) is 37.7 Å². The molecule has 0 saturated carbocycles. The number of hydrogen-bond donors (Lipinski definition) is 0. The molecule has 0 unspecified atom stereocenters. The van der Waals surface area contributed by atoms with Crippen molar-refractivity contribution in [3.05, 3.63) is 5.01 Å². The largest absolute Gasteiger partial charge is 0.461 e. The van der Waals surface area contributed by atoms with Crippen LogP contribution in [0.5, 0.6) is 0 Å². The fourth-order valence-electron chi connectivity index (χ4n) is 3.32. The zero-order valence-corrected chi connectivity index (χ0v) is 14.0. The van der Waals surface area contributed by atoms with Crippen LogP contribution >= 0.6 is 11.3 Å². The molecule has 0 aromatic carbocycles. The first-order valence-corrected chi connectivity index (χ1v) is 9.09. The summed E-state index contributed by atoms with van der Waals surface area (Å²) in [7, 11) is 0. The quantitative estimate of drug-likeness (QED) is 0.791. The van der Waals surface area contributed by atoms with E-state index in [2.05, 4.69) is 20.0 Å².